The summed E-state index contributed by atoms with van der Waals surface area (Å²) in [6.45, 7) is 0.601. The van der Waals surface area contributed by atoms with Crippen molar-refractivity contribution in [3.8, 4) is 79.0 Å². The highest BCUT2D eigenvalue weighted by Gasteiger charge is 2.32. The van der Waals surface area contributed by atoms with Crippen LogP contribution in [0, 0.1) is 0 Å². The van der Waals surface area contributed by atoms with E-state index in [-0.39, 0.29) is 0 Å². The second kappa shape index (κ2) is 20.8. The van der Waals surface area contributed by atoms with Crippen LogP contribution in [0.5, 0.6) is 23.0 Å². The van der Waals surface area contributed by atoms with E-state index in [9.17, 15) is 0 Å². The van der Waals surface area contributed by atoms with Crippen LogP contribution in [-0.2, 0) is 0 Å². The van der Waals surface area contributed by atoms with E-state index in [2.05, 4.69) is 304 Å². The number of benzene rings is 12. The van der Waals surface area contributed by atoms with Crippen molar-refractivity contribution in [3.05, 3.63) is 310 Å². The molecule has 7 heteroatoms. The minimum atomic E-state index is 0.601. The molecule has 0 unspecified atom stereocenters. The number of para-hydroxylation sites is 6. The van der Waals surface area contributed by atoms with Gasteiger partial charge in [0, 0.05) is 79.6 Å². The molecule has 0 amide bonds. The maximum absolute atomic E-state index is 7.33. The van der Waals surface area contributed by atoms with Crippen molar-refractivity contribution in [2.75, 3.05) is 16.5 Å². The normalized spacial score (nSPS) is 12.1. The highest BCUT2D eigenvalue weighted by Crippen LogP contribution is 2.51. The third-order valence-electron chi connectivity index (χ3n) is 16.5. The highest BCUT2D eigenvalue weighted by atomic mass is 16.5. The largest absolute Gasteiger partial charge is 0.457 e. The molecule has 3 aromatic heterocycles. The van der Waals surface area contributed by atoms with Gasteiger partial charge in [0.15, 0.2) is 0 Å². The van der Waals surface area contributed by atoms with Gasteiger partial charge >= 0.3 is 0 Å². The summed E-state index contributed by atoms with van der Waals surface area (Å²) in [5.74, 6) is 3.55. The van der Waals surface area contributed by atoms with Crippen molar-refractivity contribution >= 4 is 66.4 Å². The van der Waals surface area contributed by atoms with Crippen LogP contribution in [0.1, 0.15) is 0 Å². The smallest absolute Gasteiger partial charge is 0.143 e. The van der Waals surface area contributed by atoms with E-state index in [1.54, 1.807) is 0 Å². The van der Waals surface area contributed by atoms with Gasteiger partial charge in [-0.15, -0.1) is 0 Å². The molecule has 0 N–H and O–H groups in total. The van der Waals surface area contributed by atoms with Crippen LogP contribution in [0.15, 0.2) is 310 Å². The van der Waals surface area contributed by atoms with Crippen LogP contribution in [0.4, 0.5) is 22.7 Å². The van der Waals surface area contributed by atoms with Crippen LogP contribution in [0.2, 0.25) is 0 Å². The standard InChI is InChI=1S/C78H53N5O2/c1-5-23-53(24-6-1)62-36-22-37-63(54-25-7-2-8-26-54)77(62)81-52-80(73-41-19-20-42-74(73)81)57-31-21-32-59(47-57)84-60-43-44-67-66-35-15-18-40-72(66)83(75(67)50-60)76-51-61(45-46-79-76)85-78-68(55-27-9-3-10-28-55)48-58(49-69(78)56-29-11-4-12-30-56)82-70-38-16-13-33-64(70)65-34-14-17-39-71(65)82/h1-51H,52H2. The molecule has 0 aliphatic carbocycles. The first kappa shape index (κ1) is 49.4. The van der Waals surface area contributed by atoms with Gasteiger partial charge in [-0.25, -0.2) is 4.98 Å². The molecule has 16 rings (SSSR count). The number of aromatic nitrogens is 3. The van der Waals surface area contributed by atoms with Gasteiger partial charge < -0.3 is 23.8 Å². The van der Waals surface area contributed by atoms with E-state index in [0.717, 1.165) is 95.0 Å². The van der Waals surface area contributed by atoms with Crippen molar-refractivity contribution in [2.24, 2.45) is 0 Å². The van der Waals surface area contributed by atoms with Crippen molar-refractivity contribution in [1.29, 1.82) is 0 Å². The molecule has 0 spiro atoms. The quantitative estimate of drug-likeness (QED) is 0.122. The summed E-state index contributed by atoms with van der Waals surface area (Å²) in [7, 11) is 0. The maximum atomic E-state index is 7.33. The molecule has 4 heterocycles. The number of hydrogen-bond donors (Lipinski definition) is 0. The Morgan fingerprint density at radius 3 is 1.33 bits per heavy atom. The van der Waals surface area contributed by atoms with E-state index < -0.39 is 0 Å². The zero-order valence-electron chi connectivity index (χ0n) is 46.2. The van der Waals surface area contributed by atoms with Crippen molar-refractivity contribution in [1.82, 2.24) is 14.1 Å². The third kappa shape index (κ3) is 8.73. The monoisotopic (exact) mass is 1090 g/mol. The number of rotatable bonds is 12. The molecule has 0 atom stereocenters. The molecule has 0 radical (unpaired) electrons. The van der Waals surface area contributed by atoms with Gasteiger partial charge in [-0.1, -0.05) is 212 Å². The molecule has 0 bridgehead atoms. The number of anilines is 4. The fourth-order valence-corrected chi connectivity index (χ4v) is 12.7. The summed E-state index contributed by atoms with van der Waals surface area (Å²) in [6.07, 6.45) is 1.84. The van der Waals surface area contributed by atoms with Crippen LogP contribution in [0.25, 0.3) is 99.6 Å². The second-order valence-electron chi connectivity index (χ2n) is 21.5. The van der Waals surface area contributed by atoms with Crippen molar-refractivity contribution in [3.63, 3.8) is 0 Å². The SMILES string of the molecule is c1ccc(-c2cc(-n3c4ccccc4c4ccccc43)cc(-c3ccccc3)c2Oc2ccnc(-n3c4ccccc4c4ccc(Oc5cccc(N6CN(c7c(-c8ccccc8)cccc7-c7ccccc7)c7ccccc76)c5)cc43)c2)cc1. The Kier molecular flexibility index (Phi) is 12.1. The Bertz CT molecular complexity index is 4830. The topological polar surface area (TPSA) is 47.7 Å². The number of nitrogens with zero attached hydrogens (tertiary/aromatic N) is 5. The first-order chi connectivity index (χ1) is 42.2. The molecule has 7 nitrogen and oxygen atoms in total. The number of fused-ring (bicyclic) bond motifs is 7. The second-order valence-corrected chi connectivity index (χ2v) is 21.5. The molecule has 402 valence electrons. The molecule has 0 fully saturated rings. The van der Waals surface area contributed by atoms with E-state index in [4.69, 9.17) is 14.5 Å². The average Bonchev–Trinajstić information content (AvgIpc) is 2.36. The molecule has 12 aromatic carbocycles. The zero-order chi connectivity index (χ0) is 56.2. The number of hydrogen-bond acceptors (Lipinski definition) is 5. The van der Waals surface area contributed by atoms with Crippen molar-refractivity contribution in [2.45, 2.75) is 0 Å². The lowest BCUT2D eigenvalue weighted by Gasteiger charge is -2.27. The van der Waals surface area contributed by atoms with Crippen LogP contribution < -0.4 is 19.3 Å². The number of ether oxygens (including phenoxy) is 2. The Hall–Kier alpha value is -11.4. The lowest BCUT2D eigenvalue weighted by Crippen LogP contribution is -2.24. The molecular formula is C78H53N5O2. The lowest BCUT2D eigenvalue weighted by atomic mass is 9.95. The van der Waals surface area contributed by atoms with Gasteiger partial charge in [0.2, 0.25) is 0 Å². The van der Waals surface area contributed by atoms with E-state index in [1.807, 2.05) is 24.4 Å². The van der Waals surface area contributed by atoms with Gasteiger partial charge in [-0.05, 0) is 95.1 Å². The van der Waals surface area contributed by atoms with Gasteiger partial charge in [-0.2, -0.15) is 0 Å². The van der Waals surface area contributed by atoms with Gasteiger partial charge in [0.25, 0.3) is 0 Å². The minimum Gasteiger partial charge on any atom is -0.457 e. The molecular weight excluding hydrogens is 1040 g/mol. The van der Waals surface area contributed by atoms with Crippen LogP contribution in [0.3, 0.4) is 0 Å². The molecule has 0 saturated carbocycles. The zero-order valence-corrected chi connectivity index (χ0v) is 46.2. The van der Waals surface area contributed by atoms with Crippen LogP contribution in [-0.4, -0.2) is 20.8 Å². The van der Waals surface area contributed by atoms with Crippen molar-refractivity contribution < 1.29 is 9.47 Å². The predicted molar refractivity (Wildman–Crippen MR) is 350 cm³/mol. The summed E-state index contributed by atoms with van der Waals surface area (Å²) in [5, 5.41) is 4.61. The van der Waals surface area contributed by atoms with Gasteiger partial charge in [0.05, 0.1) is 39.1 Å². The summed E-state index contributed by atoms with van der Waals surface area (Å²) >= 11 is 0. The van der Waals surface area contributed by atoms with E-state index in [0.29, 0.717) is 24.0 Å². The van der Waals surface area contributed by atoms with Gasteiger partial charge in [-0.3, -0.25) is 4.57 Å². The Labute approximate surface area is 492 Å². The third-order valence-corrected chi connectivity index (χ3v) is 16.5. The molecule has 85 heavy (non-hydrogen) atoms. The summed E-state index contributed by atoms with van der Waals surface area (Å²) in [6, 6.07) is 107. The predicted octanol–water partition coefficient (Wildman–Crippen LogP) is 20.8. The Balaban J connectivity index is 0.768. The number of pyridine rings is 1. The fraction of sp³-hybridized carbons (Fsp3) is 0.0128. The fourth-order valence-electron chi connectivity index (χ4n) is 12.7. The lowest BCUT2D eigenvalue weighted by molar-refractivity contribution is 0.483. The average molecular weight is 1090 g/mol. The molecule has 0 saturated heterocycles. The maximum Gasteiger partial charge on any atom is 0.143 e. The summed E-state index contributed by atoms with van der Waals surface area (Å²) < 4.78 is 18.8. The minimum absolute atomic E-state index is 0.601. The summed E-state index contributed by atoms with van der Waals surface area (Å²) in [5.41, 5.74) is 18.5. The highest BCUT2D eigenvalue weighted by molar-refractivity contribution is 6.11. The first-order valence-electron chi connectivity index (χ1n) is 28.8. The van der Waals surface area contributed by atoms with Gasteiger partial charge in [0.1, 0.15) is 35.5 Å². The molecule has 15 aromatic rings. The van der Waals surface area contributed by atoms with E-state index in [1.165, 1.54) is 33.0 Å². The summed E-state index contributed by atoms with van der Waals surface area (Å²) in [4.78, 5) is 9.92. The first-order valence-corrected chi connectivity index (χ1v) is 28.8. The molecule has 1 aliphatic heterocycles. The molecule has 1 aliphatic rings. The van der Waals surface area contributed by atoms with E-state index >= 15 is 0 Å². The Morgan fingerprint density at radius 2 is 0.753 bits per heavy atom. The van der Waals surface area contributed by atoms with Crippen LogP contribution >= 0.6 is 0 Å². The Morgan fingerprint density at radius 1 is 0.294 bits per heavy atom.